The Morgan fingerprint density at radius 2 is 1.79 bits per heavy atom. The molecule has 2 rings (SSSR count). The lowest BCUT2D eigenvalue weighted by Crippen LogP contribution is -2.56. The number of carboxylic acids is 1. The number of nitrogens with zero attached hydrogens (tertiary/aromatic N) is 3. The number of piperazine rings is 1. The molecule has 3 unspecified atom stereocenters. The molecule has 2 aliphatic rings. The number of carbonyl (C=O) groups is 2. The number of likely N-dealkylation sites (N-methyl/N-ethyl adjacent to an activating group) is 1. The van der Waals surface area contributed by atoms with Gasteiger partial charge in [0.15, 0.2) is 0 Å². The average molecular weight is 269 g/mol. The minimum absolute atomic E-state index is 0.00352. The fourth-order valence-electron chi connectivity index (χ4n) is 3.05. The first-order valence-corrected chi connectivity index (χ1v) is 6.87. The molecule has 0 bridgehead atoms. The molecule has 0 aromatic carbocycles. The Balaban J connectivity index is 1.99. The summed E-state index contributed by atoms with van der Waals surface area (Å²) in [6.45, 7) is 7.31. The van der Waals surface area contributed by atoms with Crippen LogP contribution in [0.3, 0.4) is 0 Å². The Morgan fingerprint density at radius 3 is 2.32 bits per heavy atom. The van der Waals surface area contributed by atoms with E-state index in [0.717, 1.165) is 19.6 Å². The zero-order valence-corrected chi connectivity index (χ0v) is 11.9. The van der Waals surface area contributed by atoms with Crippen LogP contribution in [0.1, 0.15) is 13.8 Å². The number of hydrogen-bond acceptors (Lipinski definition) is 3. The Hall–Kier alpha value is -1.30. The van der Waals surface area contributed by atoms with Gasteiger partial charge in [-0.25, -0.2) is 4.79 Å². The lowest BCUT2D eigenvalue weighted by molar-refractivity contribution is -0.142. The minimum atomic E-state index is -0.797. The highest BCUT2D eigenvalue weighted by atomic mass is 16.4. The lowest BCUT2D eigenvalue weighted by atomic mass is 9.99. The van der Waals surface area contributed by atoms with Crippen molar-refractivity contribution in [2.75, 3.05) is 39.8 Å². The van der Waals surface area contributed by atoms with E-state index in [9.17, 15) is 9.59 Å². The molecule has 1 N–H and O–H groups in total. The highest BCUT2D eigenvalue weighted by Gasteiger charge is 2.39. The molecule has 0 aromatic rings. The second-order valence-corrected chi connectivity index (χ2v) is 5.91. The second-order valence-electron chi connectivity index (χ2n) is 5.91. The zero-order chi connectivity index (χ0) is 14.2. The summed E-state index contributed by atoms with van der Waals surface area (Å²) in [5.41, 5.74) is 0. The van der Waals surface area contributed by atoms with Crippen molar-refractivity contribution in [3.63, 3.8) is 0 Å². The fourth-order valence-corrected chi connectivity index (χ4v) is 3.05. The summed E-state index contributed by atoms with van der Waals surface area (Å²) in [6, 6.07) is 0.182. The van der Waals surface area contributed by atoms with Gasteiger partial charge < -0.3 is 19.8 Å². The molecule has 6 heteroatoms. The number of hydrogen-bond donors (Lipinski definition) is 1. The van der Waals surface area contributed by atoms with Crippen LogP contribution in [0.15, 0.2) is 0 Å². The average Bonchev–Trinajstić information content (AvgIpc) is 2.70. The van der Waals surface area contributed by atoms with E-state index in [0.29, 0.717) is 13.1 Å². The van der Waals surface area contributed by atoms with Crippen LogP contribution in [0.4, 0.5) is 4.79 Å². The fraction of sp³-hybridized carbons (Fsp3) is 0.846. The number of rotatable bonds is 1. The maximum absolute atomic E-state index is 12.5. The van der Waals surface area contributed by atoms with Crippen LogP contribution in [-0.2, 0) is 4.79 Å². The molecule has 0 aromatic heterocycles. The van der Waals surface area contributed by atoms with Crippen LogP contribution in [0.2, 0.25) is 0 Å². The highest BCUT2D eigenvalue weighted by molar-refractivity contribution is 5.78. The summed E-state index contributed by atoms with van der Waals surface area (Å²) in [7, 11) is 2.05. The smallest absolute Gasteiger partial charge is 0.320 e. The third kappa shape index (κ3) is 2.83. The second kappa shape index (κ2) is 5.36. The van der Waals surface area contributed by atoms with E-state index < -0.39 is 11.9 Å². The van der Waals surface area contributed by atoms with Gasteiger partial charge in [-0.15, -0.1) is 0 Å². The van der Waals surface area contributed by atoms with Crippen molar-refractivity contribution in [2.24, 2.45) is 11.8 Å². The van der Waals surface area contributed by atoms with E-state index in [1.807, 2.05) is 18.7 Å². The molecule has 0 radical (unpaired) electrons. The van der Waals surface area contributed by atoms with Gasteiger partial charge in [0, 0.05) is 38.8 Å². The molecule has 0 saturated carbocycles. The normalized spacial score (nSPS) is 32.7. The lowest BCUT2D eigenvalue weighted by Gasteiger charge is -2.40. The monoisotopic (exact) mass is 269 g/mol. The summed E-state index contributed by atoms with van der Waals surface area (Å²) in [4.78, 5) is 29.4. The Morgan fingerprint density at radius 1 is 1.11 bits per heavy atom. The van der Waals surface area contributed by atoms with Crippen molar-refractivity contribution in [2.45, 2.75) is 19.9 Å². The van der Waals surface area contributed by atoms with Gasteiger partial charge in [0.1, 0.15) is 0 Å². The molecule has 0 spiro atoms. The van der Waals surface area contributed by atoms with Gasteiger partial charge in [-0.1, -0.05) is 6.92 Å². The molecule has 2 aliphatic heterocycles. The zero-order valence-electron chi connectivity index (χ0n) is 11.9. The van der Waals surface area contributed by atoms with Gasteiger partial charge in [-0.2, -0.15) is 0 Å². The Labute approximate surface area is 114 Å². The SMILES string of the molecule is CC1CN(C(=O)N2CCN(C)CC2C)CC1C(=O)O. The molecule has 6 nitrogen and oxygen atoms in total. The van der Waals surface area contributed by atoms with Gasteiger partial charge in [-0.3, -0.25) is 4.79 Å². The van der Waals surface area contributed by atoms with Gasteiger partial charge in [-0.05, 0) is 19.9 Å². The molecule has 0 aliphatic carbocycles. The van der Waals surface area contributed by atoms with Crippen LogP contribution in [0.5, 0.6) is 0 Å². The van der Waals surface area contributed by atoms with E-state index >= 15 is 0 Å². The third-order valence-corrected chi connectivity index (χ3v) is 4.28. The minimum Gasteiger partial charge on any atom is -0.481 e. The molecular weight excluding hydrogens is 246 g/mol. The van der Waals surface area contributed by atoms with Gasteiger partial charge in [0.05, 0.1) is 5.92 Å². The maximum atomic E-state index is 12.5. The standard InChI is InChI=1S/C13H23N3O3/c1-9-6-15(8-11(9)12(17)18)13(19)16-5-4-14(3)7-10(16)2/h9-11H,4-8H2,1-3H3,(H,17,18). The van der Waals surface area contributed by atoms with E-state index in [4.69, 9.17) is 5.11 Å². The van der Waals surface area contributed by atoms with Crippen molar-refractivity contribution in [1.82, 2.24) is 14.7 Å². The summed E-state index contributed by atoms with van der Waals surface area (Å²) < 4.78 is 0. The predicted molar refractivity (Wildman–Crippen MR) is 70.9 cm³/mol. The van der Waals surface area contributed by atoms with E-state index in [2.05, 4.69) is 11.9 Å². The number of amides is 2. The van der Waals surface area contributed by atoms with Gasteiger partial charge in [0.2, 0.25) is 0 Å². The predicted octanol–water partition coefficient (Wildman–Crippen LogP) is 0.395. The van der Waals surface area contributed by atoms with Crippen LogP contribution in [-0.4, -0.2) is 77.6 Å². The number of aliphatic carboxylic acids is 1. The maximum Gasteiger partial charge on any atom is 0.320 e. The van der Waals surface area contributed by atoms with E-state index in [1.165, 1.54) is 0 Å². The molecular formula is C13H23N3O3. The van der Waals surface area contributed by atoms with Crippen molar-refractivity contribution in [3.05, 3.63) is 0 Å². The summed E-state index contributed by atoms with van der Waals surface area (Å²) >= 11 is 0. The summed E-state index contributed by atoms with van der Waals surface area (Å²) in [5.74, 6) is -1.19. The quantitative estimate of drug-likeness (QED) is 0.748. The molecule has 19 heavy (non-hydrogen) atoms. The topological polar surface area (TPSA) is 64.1 Å². The number of urea groups is 1. The Kier molecular flexibility index (Phi) is 3.99. The van der Waals surface area contributed by atoms with Crippen molar-refractivity contribution in [3.8, 4) is 0 Å². The molecule has 2 fully saturated rings. The summed E-state index contributed by atoms with van der Waals surface area (Å²) in [5, 5.41) is 9.12. The molecule has 2 amide bonds. The summed E-state index contributed by atoms with van der Waals surface area (Å²) in [6.07, 6.45) is 0. The third-order valence-electron chi connectivity index (χ3n) is 4.28. The number of carbonyl (C=O) groups excluding carboxylic acids is 1. The van der Waals surface area contributed by atoms with Crippen LogP contribution < -0.4 is 0 Å². The van der Waals surface area contributed by atoms with Gasteiger partial charge >= 0.3 is 12.0 Å². The molecule has 3 atom stereocenters. The first kappa shape index (κ1) is 14.1. The Bertz CT molecular complexity index is 374. The molecule has 2 saturated heterocycles. The van der Waals surface area contributed by atoms with Gasteiger partial charge in [0.25, 0.3) is 0 Å². The van der Waals surface area contributed by atoms with Crippen LogP contribution >= 0.6 is 0 Å². The number of likely N-dealkylation sites (tertiary alicyclic amines) is 1. The first-order valence-electron chi connectivity index (χ1n) is 6.87. The van der Waals surface area contributed by atoms with Crippen molar-refractivity contribution >= 4 is 12.0 Å². The first-order chi connectivity index (χ1) is 8.90. The molecule has 108 valence electrons. The number of carboxylic acid groups (broad SMARTS) is 1. The largest absolute Gasteiger partial charge is 0.481 e. The molecule has 2 heterocycles. The van der Waals surface area contributed by atoms with E-state index in [1.54, 1.807) is 4.90 Å². The van der Waals surface area contributed by atoms with E-state index in [-0.39, 0.29) is 18.0 Å². The van der Waals surface area contributed by atoms with Crippen LogP contribution in [0.25, 0.3) is 0 Å². The van der Waals surface area contributed by atoms with Crippen LogP contribution in [0, 0.1) is 11.8 Å². The van der Waals surface area contributed by atoms with Crippen molar-refractivity contribution < 1.29 is 14.7 Å². The van der Waals surface area contributed by atoms with Crippen molar-refractivity contribution in [1.29, 1.82) is 0 Å². The highest BCUT2D eigenvalue weighted by Crippen LogP contribution is 2.25.